The maximum atomic E-state index is 13.6. The lowest BCUT2D eigenvalue weighted by Crippen LogP contribution is -2.31. The lowest BCUT2D eigenvalue weighted by Gasteiger charge is -2.27. The summed E-state index contributed by atoms with van der Waals surface area (Å²) < 4.78 is 5.76. The number of amides is 1. The van der Waals surface area contributed by atoms with Crippen LogP contribution < -0.4 is 4.90 Å². The number of aliphatic hydroxyl groups excluding tert-OH is 1. The Hall–Kier alpha value is -4.12. The zero-order valence-corrected chi connectivity index (χ0v) is 17.5. The number of furan rings is 1. The normalized spacial score (nSPS) is 16.2. The van der Waals surface area contributed by atoms with Crippen molar-refractivity contribution in [1.82, 2.24) is 0 Å². The number of nitrogens with zero attached hydrogens (tertiary/aromatic N) is 1. The van der Waals surface area contributed by atoms with Crippen LogP contribution in [0.1, 0.15) is 34.6 Å². The lowest BCUT2D eigenvalue weighted by molar-refractivity contribution is -0.117. The Morgan fingerprint density at radius 3 is 2.34 bits per heavy atom. The van der Waals surface area contributed by atoms with Crippen molar-refractivity contribution < 1.29 is 19.1 Å². The molecule has 0 spiro atoms. The number of carbonyl (C=O) groups is 2. The topological polar surface area (TPSA) is 70.7 Å². The third-order valence-corrected chi connectivity index (χ3v) is 5.84. The SMILES string of the molecule is CCc1ccc(C2C(C(=O)c3cc4ccccc4o3)=C(O)C(=O)N2c2ccccc2)cc1. The maximum absolute atomic E-state index is 13.6. The second-order valence-corrected chi connectivity index (χ2v) is 7.75. The van der Waals surface area contributed by atoms with E-state index in [4.69, 9.17) is 4.42 Å². The number of fused-ring (bicyclic) bond motifs is 1. The van der Waals surface area contributed by atoms with Gasteiger partial charge in [-0.1, -0.05) is 67.6 Å². The standard InChI is InChI=1S/C27H21NO4/c1-2-17-12-14-18(15-13-17)24-23(25(29)22-16-19-8-6-7-11-21(19)32-22)26(30)27(31)28(24)20-9-4-3-5-10-20/h3-16,24,30H,2H2,1H3. The number of Topliss-reactive ketones (excluding diaryl/α,β-unsaturated/α-hetero) is 1. The minimum absolute atomic E-state index is 0.0159. The van der Waals surface area contributed by atoms with E-state index in [-0.39, 0.29) is 11.3 Å². The zero-order valence-electron chi connectivity index (χ0n) is 17.5. The van der Waals surface area contributed by atoms with E-state index >= 15 is 0 Å². The smallest absolute Gasteiger partial charge is 0.294 e. The first-order valence-electron chi connectivity index (χ1n) is 10.5. The predicted octanol–water partition coefficient (Wildman–Crippen LogP) is 5.78. The number of benzene rings is 3. The van der Waals surface area contributed by atoms with Gasteiger partial charge in [0.05, 0.1) is 11.6 Å². The summed E-state index contributed by atoms with van der Waals surface area (Å²) >= 11 is 0. The third-order valence-electron chi connectivity index (χ3n) is 5.84. The lowest BCUT2D eigenvalue weighted by atomic mass is 9.94. The van der Waals surface area contributed by atoms with E-state index in [1.54, 1.807) is 24.3 Å². The van der Waals surface area contributed by atoms with Gasteiger partial charge in [-0.25, -0.2) is 0 Å². The average molecular weight is 423 g/mol. The summed E-state index contributed by atoms with van der Waals surface area (Å²) in [5.41, 5.74) is 3.07. The molecule has 1 amide bonds. The Labute approximate surface area is 185 Å². The molecule has 1 N–H and O–H groups in total. The monoisotopic (exact) mass is 423 g/mol. The van der Waals surface area contributed by atoms with Gasteiger partial charge in [0.25, 0.3) is 5.91 Å². The van der Waals surface area contributed by atoms with Crippen molar-refractivity contribution >= 4 is 28.3 Å². The summed E-state index contributed by atoms with van der Waals surface area (Å²) in [7, 11) is 0. The fourth-order valence-electron chi connectivity index (χ4n) is 4.17. The van der Waals surface area contributed by atoms with Crippen molar-refractivity contribution in [3.8, 4) is 0 Å². The van der Waals surface area contributed by atoms with Crippen LogP contribution in [0, 0.1) is 0 Å². The summed E-state index contributed by atoms with van der Waals surface area (Å²) in [5.74, 6) is -1.58. The van der Waals surface area contributed by atoms with Gasteiger partial charge >= 0.3 is 0 Å². The van der Waals surface area contributed by atoms with E-state index in [0.29, 0.717) is 11.3 Å². The van der Waals surface area contributed by atoms with Crippen LogP contribution in [0.3, 0.4) is 0 Å². The number of hydrogen-bond donors (Lipinski definition) is 1. The van der Waals surface area contributed by atoms with Crippen molar-refractivity contribution in [2.45, 2.75) is 19.4 Å². The second kappa shape index (κ2) is 7.85. The van der Waals surface area contributed by atoms with Crippen LogP contribution in [-0.2, 0) is 11.2 Å². The van der Waals surface area contributed by atoms with Crippen LogP contribution in [0.4, 0.5) is 5.69 Å². The third kappa shape index (κ3) is 3.19. The number of rotatable bonds is 5. The summed E-state index contributed by atoms with van der Waals surface area (Å²) in [6.45, 7) is 2.06. The number of para-hydroxylation sites is 2. The number of hydrogen-bond acceptors (Lipinski definition) is 4. The molecule has 3 aromatic carbocycles. The van der Waals surface area contributed by atoms with E-state index in [0.717, 1.165) is 22.9 Å². The molecule has 1 aliphatic heterocycles. The highest BCUT2D eigenvalue weighted by Gasteiger charge is 2.45. The molecular formula is C27H21NO4. The Bertz CT molecular complexity index is 1320. The zero-order chi connectivity index (χ0) is 22.2. The quantitative estimate of drug-likeness (QED) is 0.413. The molecule has 0 aliphatic carbocycles. The molecule has 0 radical (unpaired) electrons. The molecule has 0 bridgehead atoms. The summed E-state index contributed by atoms with van der Waals surface area (Å²) in [5, 5.41) is 11.6. The van der Waals surface area contributed by atoms with Gasteiger partial charge in [-0.15, -0.1) is 0 Å². The minimum Gasteiger partial charge on any atom is -0.503 e. The van der Waals surface area contributed by atoms with Gasteiger partial charge in [-0.2, -0.15) is 0 Å². The van der Waals surface area contributed by atoms with Crippen molar-refractivity contribution in [1.29, 1.82) is 0 Å². The van der Waals surface area contributed by atoms with Crippen LogP contribution >= 0.6 is 0 Å². The van der Waals surface area contributed by atoms with E-state index in [9.17, 15) is 14.7 Å². The Kier molecular flexibility index (Phi) is 4.86. The van der Waals surface area contributed by atoms with Crippen molar-refractivity contribution in [3.63, 3.8) is 0 Å². The van der Waals surface area contributed by atoms with Crippen molar-refractivity contribution in [3.05, 3.63) is 113 Å². The van der Waals surface area contributed by atoms with Gasteiger partial charge in [0.1, 0.15) is 5.58 Å². The molecule has 0 saturated carbocycles. The Morgan fingerprint density at radius 2 is 1.66 bits per heavy atom. The highest BCUT2D eigenvalue weighted by Crippen LogP contribution is 2.42. The minimum atomic E-state index is -0.767. The molecule has 1 atom stereocenters. The highest BCUT2D eigenvalue weighted by atomic mass is 16.3. The molecule has 1 aliphatic rings. The molecule has 1 unspecified atom stereocenters. The molecule has 2 heterocycles. The number of aryl methyl sites for hydroxylation is 1. The number of carbonyl (C=O) groups excluding carboxylic acids is 2. The fourth-order valence-corrected chi connectivity index (χ4v) is 4.17. The largest absolute Gasteiger partial charge is 0.503 e. The molecule has 32 heavy (non-hydrogen) atoms. The van der Waals surface area contributed by atoms with Gasteiger partial charge in [0, 0.05) is 11.1 Å². The van der Waals surface area contributed by atoms with E-state index in [2.05, 4.69) is 6.92 Å². The average Bonchev–Trinajstić information content (AvgIpc) is 3.38. The summed E-state index contributed by atoms with van der Waals surface area (Å²) in [6.07, 6.45) is 0.873. The molecule has 0 fully saturated rings. The highest BCUT2D eigenvalue weighted by molar-refractivity contribution is 6.20. The predicted molar refractivity (Wildman–Crippen MR) is 123 cm³/mol. The molecule has 5 rings (SSSR count). The van der Waals surface area contributed by atoms with E-state index < -0.39 is 23.5 Å². The molecule has 5 heteroatoms. The molecule has 5 nitrogen and oxygen atoms in total. The first kappa shape index (κ1) is 19.8. The number of ketones is 1. The van der Waals surface area contributed by atoms with Crippen LogP contribution in [-0.4, -0.2) is 16.8 Å². The van der Waals surface area contributed by atoms with Crippen LogP contribution in [0.2, 0.25) is 0 Å². The van der Waals surface area contributed by atoms with Gasteiger partial charge in [-0.05, 0) is 41.8 Å². The van der Waals surface area contributed by atoms with Gasteiger partial charge < -0.3 is 9.52 Å². The summed E-state index contributed by atoms with van der Waals surface area (Å²) in [4.78, 5) is 28.2. The maximum Gasteiger partial charge on any atom is 0.294 e. The first-order valence-corrected chi connectivity index (χ1v) is 10.5. The Balaban J connectivity index is 1.65. The van der Waals surface area contributed by atoms with Gasteiger partial charge in [0.2, 0.25) is 5.78 Å². The van der Waals surface area contributed by atoms with E-state index in [1.807, 2.05) is 60.7 Å². The summed E-state index contributed by atoms with van der Waals surface area (Å²) in [6, 6.07) is 25.0. The number of aliphatic hydroxyl groups is 1. The molecule has 4 aromatic rings. The molecule has 158 valence electrons. The van der Waals surface area contributed by atoms with Gasteiger partial charge in [0.15, 0.2) is 11.5 Å². The Morgan fingerprint density at radius 1 is 0.969 bits per heavy atom. The fraction of sp³-hybridized carbons (Fsp3) is 0.111. The van der Waals surface area contributed by atoms with Crippen LogP contribution in [0.15, 0.2) is 101 Å². The van der Waals surface area contributed by atoms with E-state index in [1.165, 1.54) is 4.90 Å². The van der Waals surface area contributed by atoms with Crippen LogP contribution in [0.5, 0.6) is 0 Å². The van der Waals surface area contributed by atoms with Gasteiger partial charge in [-0.3, -0.25) is 14.5 Å². The molecule has 0 saturated heterocycles. The number of anilines is 1. The van der Waals surface area contributed by atoms with Crippen molar-refractivity contribution in [2.24, 2.45) is 0 Å². The second-order valence-electron chi connectivity index (χ2n) is 7.75. The molecular weight excluding hydrogens is 402 g/mol. The van der Waals surface area contributed by atoms with Crippen LogP contribution in [0.25, 0.3) is 11.0 Å². The van der Waals surface area contributed by atoms with Crippen molar-refractivity contribution in [2.75, 3.05) is 4.90 Å². The molecule has 1 aromatic heterocycles. The first-order chi connectivity index (χ1) is 15.6.